The molecule has 0 atom stereocenters. The first-order valence-corrected chi connectivity index (χ1v) is 7.16. The van der Waals surface area contributed by atoms with Gasteiger partial charge in [0.05, 0.1) is 6.26 Å². The Morgan fingerprint density at radius 3 is 2.57 bits per heavy atom. The molecule has 1 aromatic carbocycles. The van der Waals surface area contributed by atoms with Gasteiger partial charge in [-0.15, -0.1) is 10.2 Å². The highest BCUT2D eigenvalue weighted by atomic mass is 16.3. The summed E-state index contributed by atoms with van der Waals surface area (Å²) in [7, 11) is 1.94. The largest absolute Gasteiger partial charge is 0.459 e. The molecule has 0 bridgehead atoms. The number of nitrogens with one attached hydrogen (secondary N) is 1. The predicted octanol–water partition coefficient (Wildman–Crippen LogP) is 2.96. The number of rotatable bonds is 5. The number of hydrogen-bond donors (Lipinski definition) is 1. The molecular formula is C17H16N4O2. The molecule has 0 fully saturated rings. The Bertz CT molecular complexity index is 755. The molecule has 2 heterocycles. The summed E-state index contributed by atoms with van der Waals surface area (Å²) in [5.41, 5.74) is 1.19. The second kappa shape index (κ2) is 6.74. The van der Waals surface area contributed by atoms with Crippen LogP contribution in [0.15, 0.2) is 65.3 Å². The SMILES string of the molecule is CN(Cc1ccccc1)c1ccc(NC(=O)c2ccco2)nn1. The van der Waals surface area contributed by atoms with Crippen molar-refractivity contribution in [2.45, 2.75) is 6.54 Å². The van der Waals surface area contributed by atoms with Crippen molar-refractivity contribution in [2.75, 3.05) is 17.3 Å². The van der Waals surface area contributed by atoms with E-state index in [1.54, 1.807) is 18.2 Å². The Balaban J connectivity index is 1.63. The van der Waals surface area contributed by atoms with Gasteiger partial charge in [-0.2, -0.15) is 0 Å². The van der Waals surface area contributed by atoms with Gasteiger partial charge in [-0.1, -0.05) is 30.3 Å². The van der Waals surface area contributed by atoms with Gasteiger partial charge < -0.3 is 14.6 Å². The first kappa shape index (κ1) is 14.8. The van der Waals surface area contributed by atoms with E-state index in [4.69, 9.17) is 4.42 Å². The quantitative estimate of drug-likeness (QED) is 0.784. The van der Waals surface area contributed by atoms with Crippen LogP contribution < -0.4 is 10.2 Å². The fraction of sp³-hybridized carbons (Fsp3) is 0.118. The number of carbonyl (C=O) groups excluding carboxylic acids is 1. The molecule has 1 N–H and O–H groups in total. The summed E-state index contributed by atoms with van der Waals surface area (Å²) in [4.78, 5) is 13.8. The summed E-state index contributed by atoms with van der Waals surface area (Å²) < 4.78 is 5.03. The molecule has 0 spiro atoms. The van der Waals surface area contributed by atoms with E-state index in [1.807, 2.05) is 36.2 Å². The van der Waals surface area contributed by atoms with E-state index >= 15 is 0 Å². The highest BCUT2D eigenvalue weighted by Gasteiger charge is 2.10. The lowest BCUT2D eigenvalue weighted by Crippen LogP contribution is -2.19. The Morgan fingerprint density at radius 1 is 1.09 bits per heavy atom. The number of hydrogen-bond acceptors (Lipinski definition) is 5. The van der Waals surface area contributed by atoms with E-state index in [0.29, 0.717) is 5.82 Å². The molecular weight excluding hydrogens is 292 g/mol. The third-order valence-electron chi connectivity index (χ3n) is 3.29. The van der Waals surface area contributed by atoms with Gasteiger partial charge in [-0.3, -0.25) is 4.79 Å². The third kappa shape index (κ3) is 3.74. The molecule has 0 aliphatic rings. The zero-order chi connectivity index (χ0) is 16.1. The Labute approximate surface area is 133 Å². The van der Waals surface area contributed by atoms with Crippen LogP contribution in [0.1, 0.15) is 16.1 Å². The molecule has 3 rings (SSSR count). The van der Waals surface area contributed by atoms with Crippen molar-refractivity contribution in [1.29, 1.82) is 0 Å². The molecule has 0 saturated carbocycles. The molecule has 0 radical (unpaired) electrons. The zero-order valence-corrected chi connectivity index (χ0v) is 12.6. The van der Waals surface area contributed by atoms with Gasteiger partial charge >= 0.3 is 0 Å². The van der Waals surface area contributed by atoms with Crippen molar-refractivity contribution in [2.24, 2.45) is 0 Å². The van der Waals surface area contributed by atoms with Gasteiger partial charge in [0, 0.05) is 13.6 Å². The number of amides is 1. The third-order valence-corrected chi connectivity index (χ3v) is 3.29. The molecule has 116 valence electrons. The molecule has 3 aromatic rings. The van der Waals surface area contributed by atoms with Gasteiger partial charge in [0.1, 0.15) is 0 Å². The van der Waals surface area contributed by atoms with Gasteiger partial charge in [-0.25, -0.2) is 0 Å². The lowest BCUT2D eigenvalue weighted by atomic mass is 10.2. The number of carbonyl (C=O) groups is 1. The molecule has 0 saturated heterocycles. The van der Waals surface area contributed by atoms with Crippen molar-refractivity contribution < 1.29 is 9.21 Å². The highest BCUT2D eigenvalue weighted by molar-refractivity contribution is 6.01. The van der Waals surface area contributed by atoms with E-state index < -0.39 is 0 Å². The Kier molecular flexibility index (Phi) is 4.33. The van der Waals surface area contributed by atoms with Crippen LogP contribution in [0, 0.1) is 0 Å². The maximum atomic E-state index is 11.9. The molecule has 2 aromatic heterocycles. The van der Waals surface area contributed by atoms with Crippen LogP contribution in [0.25, 0.3) is 0 Å². The van der Waals surface area contributed by atoms with E-state index in [9.17, 15) is 4.79 Å². The minimum atomic E-state index is -0.352. The lowest BCUT2D eigenvalue weighted by Gasteiger charge is -2.17. The minimum absolute atomic E-state index is 0.233. The lowest BCUT2D eigenvalue weighted by molar-refractivity contribution is 0.0996. The molecule has 1 amide bonds. The normalized spacial score (nSPS) is 10.3. The molecule has 6 nitrogen and oxygen atoms in total. The van der Waals surface area contributed by atoms with E-state index in [2.05, 4.69) is 27.6 Å². The summed E-state index contributed by atoms with van der Waals surface area (Å²) >= 11 is 0. The minimum Gasteiger partial charge on any atom is -0.459 e. The van der Waals surface area contributed by atoms with Crippen LogP contribution in [0.2, 0.25) is 0 Å². The summed E-state index contributed by atoms with van der Waals surface area (Å²) in [5.74, 6) is 0.986. The van der Waals surface area contributed by atoms with Crippen molar-refractivity contribution in [3.63, 3.8) is 0 Å². The molecule has 0 aliphatic heterocycles. The van der Waals surface area contributed by atoms with Crippen LogP contribution >= 0.6 is 0 Å². The van der Waals surface area contributed by atoms with Crippen LogP contribution in [-0.2, 0) is 6.54 Å². The average molecular weight is 308 g/mol. The summed E-state index contributed by atoms with van der Waals surface area (Å²) in [6.45, 7) is 0.730. The fourth-order valence-electron chi connectivity index (χ4n) is 2.12. The smallest absolute Gasteiger partial charge is 0.292 e. The number of benzene rings is 1. The topological polar surface area (TPSA) is 71.3 Å². The summed E-state index contributed by atoms with van der Waals surface area (Å²) in [6.07, 6.45) is 1.45. The molecule has 0 aliphatic carbocycles. The number of furan rings is 1. The van der Waals surface area contributed by atoms with E-state index in [0.717, 1.165) is 12.4 Å². The van der Waals surface area contributed by atoms with Crippen LogP contribution in [-0.4, -0.2) is 23.2 Å². The number of aromatic nitrogens is 2. The maximum Gasteiger partial charge on any atom is 0.292 e. The summed E-state index contributed by atoms with van der Waals surface area (Å²) in [5, 5.41) is 10.8. The monoisotopic (exact) mass is 308 g/mol. The standard InChI is InChI=1S/C17H16N4O2/c1-21(12-13-6-3-2-4-7-13)16-10-9-15(19-20-16)18-17(22)14-8-5-11-23-14/h2-11H,12H2,1H3,(H,18,19,22). The first-order valence-electron chi connectivity index (χ1n) is 7.16. The van der Waals surface area contributed by atoms with Gasteiger partial charge in [-0.05, 0) is 29.8 Å². The van der Waals surface area contributed by atoms with E-state index in [-0.39, 0.29) is 11.7 Å². The summed E-state index contributed by atoms with van der Waals surface area (Å²) in [6, 6.07) is 16.9. The van der Waals surface area contributed by atoms with Crippen LogP contribution in [0.3, 0.4) is 0 Å². The zero-order valence-electron chi connectivity index (χ0n) is 12.6. The Morgan fingerprint density at radius 2 is 1.91 bits per heavy atom. The maximum absolute atomic E-state index is 11.9. The second-order valence-corrected chi connectivity index (χ2v) is 5.05. The molecule has 6 heteroatoms. The molecule has 0 unspecified atom stereocenters. The van der Waals surface area contributed by atoms with Gasteiger partial charge in [0.2, 0.25) is 0 Å². The highest BCUT2D eigenvalue weighted by Crippen LogP contribution is 2.14. The second-order valence-electron chi connectivity index (χ2n) is 5.05. The van der Waals surface area contributed by atoms with Crippen LogP contribution in [0.4, 0.5) is 11.6 Å². The van der Waals surface area contributed by atoms with Crippen molar-refractivity contribution in [3.8, 4) is 0 Å². The fourth-order valence-corrected chi connectivity index (χ4v) is 2.12. The van der Waals surface area contributed by atoms with Crippen molar-refractivity contribution in [1.82, 2.24) is 10.2 Å². The predicted molar refractivity (Wildman–Crippen MR) is 87.2 cm³/mol. The van der Waals surface area contributed by atoms with Crippen molar-refractivity contribution >= 4 is 17.5 Å². The van der Waals surface area contributed by atoms with E-state index in [1.165, 1.54) is 11.8 Å². The van der Waals surface area contributed by atoms with Crippen LogP contribution in [0.5, 0.6) is 0 Å². The number of anilines is 2. The number of nitrogens with zero attached hydrogens (tertiary/aromatic N) is 3. The van der Waals surface area contributed by atoms with Gasteiger partial charge in [0.25, 0.3) is 5.91 Å². The molecule has 23 heavy (non-hydrogen) atoms. The first-order chi connectivity index (χ1) is 11.2. The van der Waals surface area contributed by atoms with Gasteiger partial charge in [0.15, 0.2) is 17.4 Å². The Hall–Kier alpha value is -3.15. The average Bonchev–Trinajstić information content (AvgIpc) is 3.11. The van der Waals surface area contributed by atoms with Crippen molar-refractivity contribution in [3.05, 3.63) is 72.2 Å².